The first-order chi connectivity index (χ1) is 12.8. The second kappa shape index (κ2) is 19.6. The molecule has 0 spiro atoms. The first-order valence-corrected chi connectivity index (χ1v) is 11.0. The minimum atomic E-state index is -0.689. The maximum Gasteiger partial charge on any atom is 2.00 e. The Kier molecular flexibility index (Phi) is 19.8. The fourth-order valence-corrected chi connectivity index (χ4v) is 3.66. The predicted octanol–water partition coefficient (Wildman–Crippen LogP) is 7.57. The molecule has 1 N–H and O–H groups in total. The molecule has 1 atom stereocenters. The van der Waals surface area contributed by atoms with Crippen molar-refractivity contribution in [3.8, 4) is 0 Å². The van der Waals surface area contributed by atoms with Crippen molar-refractivity contribution in [2.45, 2.75) is 109 Å². The first kappa shape index (κ1) is 27.3. The van der Waals surface area contributed by atoms with Crippen LogP contribution >= 0.6 is 0 Å². The summed E-state index contributed by atoms with van der Waals surface area (Å²) in [5.74, 6) is -1.03. The van der Waals surface area contributed by atoms with E-state index in [4.69, 9.17) is 0 Å². The molecule has 0 radical (unpaired) electrons. The van der Waals surface area contributed by atoms with Crippen LogP contribution in [0.1, 0.15) is 118 Å². The van der Waals surface area contributed by atoms with Crippen molar-refractivity contribution < 1.29 is 12.8 Å². The first-order valence-electron chi connectivity index (χ1n) is 11.0. The van der Waals surface area contributed by atoms with Crippen LogP contribution < -0.4 is 0 Å². The van der Waals surface area contributed by atoms with Crippen molar-refractivity contribution in [3.05, 3.63) is 35.9 Å². The van der Waals surface area contributed by atoms with E-state index in [9.17, 15) is 9.90 Å². The third kappa shape index (κ3) is 14.9. The average Bonchev–Trinajstić information content (AvgIpc) is 2.65. The maximum atomic E-state index is 11.5. The van der Waals surface area contributed by atoms with Gasteiger partial charge in [0.05, 0.1) is 5.92 Å². The summed E-state index contributed by atoms with van der Waals surface area (Å²) in [6, 6.07) is 9.66. The summed E-state index contributed by atoms with van der Waals surface area (Å²) in [6.07, 6.45) is 19.4. The van der Waals surface area contributed by atoms with Gasteiger partial charge in [-0.25, -0.2) is 0 Å². The summed E-state index contributed by atoms with van der Waals surface area (Å²) in [4.78, 5) is 11.5. The average molecular weight is 500 g/mol. The predicted molar refractivity (Wildman–Crippen MR) is 120 cm³/mol. The van der Waals surface area contributed by atoms with Gasteiger partial charge >= 0.3 is 54.9 Å². The number of aliphatic carboxylic acids is 1. The summed E-state index contributed by atoms with van der Waals surface area (Å²) in [7, 11) is 0. The summed E-state index contributed by atoms with van der Waals surface area (Å²) >= 11 is 0. The molecular weight excluding hydrogens is 458 g/mol. The Labute approximate surface area is 211 Å². The molecule has 0 bridgehead atoms. The smallest absolute Gasteiger partial charge is 1.00 e. The van der Waals surface area contributed by atoms with E-state index in [0.29, 0.717) is 0 Å². The van der Waals surface area contributed by atoms with Crippen molar-refractivity contribution in [1.82, 2.24) is 0 Å². The van der Waals surface area contributed by atoms with Gasteiger partial charge in [-0.1, -0.05) is 127 Å². The van der Waals surface area contributed by atoms with Crippen LogP contribution in [0.4, 0.5) is 0 Å². The van der Waals surface area contributed by atoms with Crippen LogP contribution in [0.5, 0.6) is 0 Å². The second-order valence-corrected chi connectivity index (χ2v) is 7.69. The van der Waals surface area contributed by atoms with Gasteiger partial charge in [0.1, 0.15) is 0 Å². The van der Waals surface area contributed by atoms with Gasteiger partial charge in [0, 0.05) is 0 Å². The summed E-state index contributed by atoms with van der Waals surface area (Å²) < 4.78 is 0. The van der Waals surface area contributed by atoms with Gasteiger partial charge in [0.2, 0.25) is 0 Å². The standard InChI is InChI=1S/C24H40O2.Ba.2H/c1-2-3-4-5-6-7-8-9-10-11-12-13-14-18-21-23(24(25)26)22-19-16-15-17-20-22;;;/h15-17,19-20,23H,2-14,18,21H2,1H3,(H,25,26);;;/q;+2;2*-1. The van der Waals surface area contributed by atoms with Crippen LogP contribution in [0, 0.1) is 0 Å². The van der Waals surface area contributed by atoms with E-state index >= 15 is 0 Å². The van der Waals surface area contributed by atoms with E-state index in [-0.39, 0.29) is 57.7 Å². The van der Waals surface area contributed by atoms with Crippen molar-refractivity contribution >= 4 is 54.9 Å². The van der Waals surface area contributed by atoms with Gasteiger partial charge in [-0.3, -0.25) is 4.79 Å². The molecule has 0 aliphatic heterocycles. The molecule has 2 nitrogen and oxygen atoms in total. The van der Waals surface area contributed by atoms with E-state index in [2.05, 4.69) is 6.92 Å². The number of unbranched alkanes of at least 4 members (excludes halogenated alkanes) is 13. The van der Waals surface area contributed by atoms with E-state index in [1.165, 1.54) is 77.0 Å². The van der Waals surface area contributed by atoms with Crippen molar-refractivity contribution in [2.75, 3.05) is 0 Å². The molecule has 0 saturated heterocycles. The molecule has 1 aromatic rings. The molecule has 0 fully saturated rings. The van der Waals surface area contributed by atoms with Crippen LogP contribution in [0.25, 0.3) is 0 Å². The number of hydrogen-bond acceptors (Lipinski definition) is 1. The summed E-state index contributed by atoms with van der Waals surface area (Å²) in [5, 5.41) is 9.43. The Morgan fingerprint density at radius 1 is 0.778 bits per heavy atom. The molecule has 0 saturated carbocycles. The molecule has 0 aromatic heterocycles. The van der Waals surface area contributed by atoms with Crippen LogP contribution in [-0.4, -0.2) is 60.0 Å². The fourth-order valence-electron chi connectivity index (χ4n) is 3.66. The quantitative estimate of drug-likeness (QED) is 0.177. The monoisotopic (exact) mass is 500 g/mol. The van der Waals surface area contributed by atoms with Gasteiger partial charge in [-0.2, -0.15) is 0 Å². The number of hydrogen-bond donors (Lipinski definition) is 1. The molecule has 0 aliphatic carbocycles. The molecule has 152 valence electrons. The topological polar surface area (TPSA) is 37.3 Å². The van der Waals surface area contributed by atoms with Crippen LogP contribution in [0.3, 0.4) is 0 Å². The van der Waals surface area contributed by atoms with E-state index < -0.39 is 5.97 Å². The normalized spacial score (nSPS) is 11.7. The number of carboxylic acids is 1. The Balaban J connectivity index is -0.00000225. The number of benzene rings is 1. The number of carboxylic acid groups (broad SMARTS) is 1. The van der Waals surface area contributed by atoms with Crippen LogP contribution in [-0.2, 0) is 4.79 Å². The summed E-state index contributed by atoms with van der Waals surface area (Å²) in [6.45, 7) is 2.27. The van der Waals surface area contributed by atoms with Crippen LogP contribution in [0.15, 0.2) is 30.3 Å². The minimum Gasteiger partial charge on any atom is -1.00 e. The second-order valence-electron chi connectivity index (χ2n) is 7.69. The molecule has 0 heterocycles. The minimum absolute atomic E-state index is 0. The third-order valence-corrected chi connectivity index (χ3v) is 5.35. The largest absolute Gasteiger partial charge is 2.00 e. The third-order valence-electron chi connectivity index (χ3n) is 5.35. The fraction of sp³-hybridized carbons (Fsp3) is 0.708. The number of carbonyl (C=O) groups is 1. The van der Waals surface area contributed by atoms with Gasteiger partial charge in [-0.05, 0) is 12.0 Å². The van der Waals surface area contributed by atoms with Gasteiger partial charge < -0.3 is 7.96 Å². The van der Waals surface area contributed by atoms with Crippen molar-refractivity contribution in [1.29, 1.82) is 0 Å². The van der Waals surface area contributed by atoms with Gasteiger partial charge in [-0.15, -0.1) is 0 Å². The van der Waals surface area contributed by atoms with E-state index in [0.717, 1.165) is 24.8 Å². The zero-order valence-electron chi connectivity index (χ0n) is 19.6. The Bertz CT molecular complexity index is 457. The Hall–Kier alpha value is 0.261. The molecule has 27 heavy (non-hydrogen) atoms. The molecule has 1 unspecified atom stereocenters. The molecule has 1 rings (SSSR count). The van der Waals surface area contributed by atoms with Gasteiger partial charge in [0.25, 0.3) is 0 Å². The molecule has 3 heteroatoms. The SMILES string of the molecule is CCCCCCCCCCCCCCCCC(C(=O)O)c1ccccc1.[Ba+2].[H-].[H-]. The Morgan fingerprint density at radius 3 is 1.59 bits per heavy atom. The maximum absolute atomic E-state index is 11.5. The Morgan fingerprint density at radius 2 is 1.19 bits per heavy atom. The zero-order valence-corrected chi connectivity index (χ0v) is 22.1. The van der Waals surface area contributed by atoms with E-state index in [1.807, 2.05) is 30.3 Å². The number of rotatable bonds is 17. The van der Waals surface area contributed by atoms with Crippen molar-refractivity contribution in [3.63, 3.8) is 0 Å². The summed E-state index contributed by atoms with van der Waals surface area (Å²) in [5.41, 5.74) is 0.940. The van der Waals surface area contributed by atoms with Gasteiger partial charge in [0.15, 0.2) is 0 Å². The molecule has 0 aliphatic rings. The van der Waals surface area contributed by atoms with Crippen molar-refractivity contribution in [2.24, 2.45) is 0 Å². The van der Waals surface area contributed by atoms with Crippen LogP contribution in [0.2, 0.25) is 0 Å². The zero-order chi connectivity index (χ0) is 18.9. The van der Waals surface area contributed by atoms with E-state index in [1.54, 1.807) is 0 Å². The molecule has 0 amide bonds. The molecular formula is C24H42BaO2. The molecule has 1 aromatic carbocycles.